The van der Waals surface area contributed by atoms with E-state index in [9.17, 15) is 4.79 Å². The van der Waals surface area contributed by atoms with Gasteiger partial charge < -0.3 is 15.1 Å². The monoisotopic (exact) mass is 372 g/mol. The van der Waals surface area contributed by atoms with E-state index in [4.69, 9.17) is 0 Å². The molecule has 6 heteroatoms. The second-order valence-electron chi connectivity index (χ2n) is 7.18. The number of hydrogen-bond donors (Lipinski definition) is 1. The fourth-order valence-corrected chi connectivity index (χ4v) is 4.36. The van der Waals surface area contributed by atoms with Crippen LogP contribution < -0.4 is 5.32 Å². The minimum Gasteiger partial charge on any atom is -0.338 e. The second kappa shape index (κ2) is 9.14. The molecule has 0 bridgehead atoms. The van der Waals surface area contributed by atoms with E-state index in [1.807, 2.05) is 17.0 Å². The largest absolute Gasteiger partial charge is 0.338 e. The maximum Gasteiger partial charge on any atom is 0.318 e. The first kappa shape index (κ1) is 18.9. The Morgan fingerprint density at radius 3 is 2.81 bits per heavy atom. The third kappa shape index (κ3) is 5.54. The van der Waals surface area contributed by atoms with Crippen molar-refractivity contribution < 1.29 is 4.79 Å². The van der Waals surface area contributed by atoms with Crippen LogP contribution in [0.5, 0.6) is 0 Å². The van der Waals surface area contributed by atoms with Crippen molar-refractivity contribution in [3.8, 4) is 0 Å². The maximum atomic E-state index is 12.9. The summed E-state index contributed by atoms with van der Waals surface area (Å²) in [5.41, 5.74) is 1.10. The first-order valence-corrected chi connectivity index (χ1v) is 10.1. The summed E-state index contributed by atoms with van der Waals surface area (Å²) in [4.78, 5) is 23.7. The van der Waals surface area contributed by atoms with Crippen molar-refractivity contribution in [2.75, 3.05) is 26.7 Å². The average molecular weight is 373 g/mol. The fourth-order valence-electron chi connectivity index (χ4n) is 3.45. The molecule has 0 aromatic carbocycles. The zero-order chi connectivity index (χ0) is 18.4. The van der Waals surface area contributed by atoms with Gasteiger partial charge in [0.25, 0.3) is 0 Å². The summed E-state index contributed by atoms with van der Waals surface area (Å²) in [5, 5.41) is 3.17. The number of amides is 2. The number of hydrogen-bond acceptors (Lipinski definition) is 4. The van der Waals surface area contributed by atoms with Crippen molar-refractivity contribution in [3.63, 3.8) is 0 Å². The molecule has 1 fully saturated rings. The van der Waals surface area contributed by atoms with Crippen molar-refractivity contribution in [2.24, 2.45) is 5.92 Å². The highest BCUT2D eigenvalue weighted by molar-refractivity contribution is 7.11. The Kier molecular flexibility index (Phi) is 6.63. The highest BCUT2D eigenvalue weighted by Gasteiger charge is 2.20. The average Bonchev–Trinajstić information content (AvgIpc) is 3.05. The summed E-state index contributed by atoms with van der Waals surface area (Å²) in [6.45, 7) is 6.30. The molecule has 5 nitrogen and oxygen atoms in total. The molecule has 26 heavy (non-hydrogen) atoms. The van der Waals surface area contributed by atoms with Crippen molar-refractivity contribution in [1.82, 2.24) is 20.1 Å². The van der Waals surface area contributed by atoms with E-state index in [2.05, 4.69) is 41.3 Å². The van der Waals surface area contributed by atoms with Crippen LogP contribution in [-0.4, -0.2) is 47.5 Å². The van der Waals surface area contributed by atoms with Gasteiger partial charge in [-0.15, -0.1) is 11.3 Å². The second-order valence-corrected chi connectivity index (χ2v) is 8.55. The molecule has 0 saturated carbocycles. The molecule has 2 amide bonds. The molecule has 0 radical (unpaired) electrons. The van der Waals surface area contributed by atoms with Crippen LogP contribution in [0.25, 0.3) is 0 Å². The van der Waals surface area contributed by atoms with Crippen molar-refractivity contribution in [2.45, 2.75) is 32.9 Å². The number of aromatic nitrogens is 1. The van der Waals surface area contributed by atoms with Crippen molar-refractivity contribution in [1.29, 1.82) is 0 Å². The Bertz CT molecular complexity index is 703. The van der Waals surface area contributed by atoms with Crippen LogP contribution >= 0.6 is 11.3 Å². The number of pyridine rings is 1. The molecule has 1 atom stereocenters. The standard InChI is InChI=1S/C20H28N4OS/c1-16-5-6-19(26-16)15-24(14-17-7-9-21-10-8-17)20(25)22-12-18-4-3-11-23(2)13-18/h5-10,18H,3-4,11-15H2,1-2H3,(H,22,25). The van der Waals surface area contributed by atoms with E-state index in [1.54, 1.807) is 23.7 Å². The molecule has 2 aromatic heterocycles. The Hall–Kier alpha value is -1.92. The Morgan fingerprint density at radius 1 is 1.31 bits per heavy atom. The Morgan fingerprint density at radius 2 is 2.12 bits per heavy atom. The minimum atomic E-state index is 0.0149. The molecular weight excluding hydrogens is 344 g/mol. The number of piperidine rings is 1. The summed E-state index contributed by atoms with van der Waals surface area (Å²) < 4.78 is 0. The van der Waals surface area contributed by atoms with E-state index < -0.39 is 0 Å². The third-order valence-electron chi connectivity index (χ3n) is 4.82. The van der Waals surface area contributed by atoms with Gasteiger partial charge in [-0.3, -0.25) is 4.98 Å². The van der Waals surface area contributed by atoms with E-state index >= 15 is 0 Å². The summed E-state index contributed by atoms with van der Waals surface area (Å²) in [6.07, 6.45) is 5.96. The molecule has 0 spiro atoms. The topological polar surface area (TPSA) is 48.5 Å². The van der Waals surface area contributed by atoms with Crippen LogP contribution in [0.1, 0.15) is 28.2 Å². The van der Waals surface area contributed by atoms with Crippen molar-refractivity contribution in [3.05, 3.63) is 52.0 Å². The lowest BCUT2D eigenvalue weighted by Crippen LogP contribution is -2.44. The zero-order valence-corrected chi connectivity index (χ0v) is 16.5. The van der Waals surface area contributed by atoms with Gasteiger partial charge in [0.05, 0.1) is 6.54 Å². The molecule has 0 aliphatic carbocycles. The Balaban J connectivity index is 1.62. The predicted octanol–water partition coefficient (Wildman–Crippen LogP) is 3.51. The summed E-state index contributed by atoms with van der Waals surface area (Å²) in [5.74, 6) is 0.546. The SMILES string of the molecule is Cc1ccc(CN(Cc2ccncc2)C(=O)NCC2CCCN(C)C2)s1. The van der Waals surface area contributed by atoms with E-state index in [1.165, 1.54) is 22.6 Å². The van der Waals surface area contributed by atoms with Crippen LogP contribution in [0.15, 0.2) is 36.7 Å². The lowest BCUT2D eigenvalue weighted by atomic mass is 9.99. The molecule has 3 rings (SSSR count). The number of rotatable bonds is 6. The van der Waals surface area contributed by atoms with Gasteiger partial charge in [0.1, 0.15) is 0 Å². The maximum absolute atomic E-state index is 12.9. The highest BCUT2D eigenvalue weighted by Crippen LogP contribution is 2.19. The van der Waals surface area contributed by atoms with Gasteiger partial charge in [-0.05, 0) is 69.1 Å². The first-order chi connectivity index (χ1) is 12.6. The van der Waals surface area contributed by atoms with E-state index in [0.29, 0.717) is 19.0 Å². The van der Waals surface area contributed by atoms with Gasteiger partial charge in [-0.1, -0.05) is 0 Å². The van der Waals surface area contributed by atoms with Gasteiger partial charge in [-0.25, -0.2) is 4.79 Å². The number of likely N-dealkylation sites (tertiary alicyclic amines) is 1. The Labute approximate surface area is 160 Å². The lowest BCUT2D eigenvalue weighted by molar-refractivity contribution is 0.179. The molecule has 1 saturated heterocycles. The quantitative estimate of drug-likeness (QED) is 0.844. The number of carbonyl (C=O) groups is 1. The molecular formula is C20H28N4OS. The van der Waals surface area contributed by atoms with Gasteiger partial charge in [0.15, 0.2) is 0 Å². The van der Waals surface area contributed by atoms with Gasteiger partial charge in [0, 0.05) is 41.8 Å². The van der Waals surface area contributed by atoms with Crippen LogP contribution in [0.3, 0.4) is 0 Å². The summed E-state index contributed by atoms with van der Waals surface area (Å²) in [7, 11) is 2.16. The molecule has 1 N–H and O–H groups in total. The van der Waals surface area contributed by atoms with Crippen LogP contribution in [-0.2, 0) is 13.1 Å². The molecule has 1 aliphatic heterocycles. The number of thiophene rings is 1. The minimum absolute atomic E-state index is 0.0149. The third-order valence-corrected chi connectivity index (χ3v) is 5.80. The first-order valence-electron chi connectivity index (χ1n) is 9.25. The number of carbonyl (C=O) groups excluding carboxylic acids is 1. The van der Waals surface area contributed by atoms with Crippen LogP contribution in [0.4, 0.5) is 4.79 Å². The molecule has 2 aromatic rings. The summed E-state index contributed by atoms with van der Waals surface area (Å²) in [6, 6.07) is 8.18. The van der Waals surface area contributed by atoms with Gasteiger partial charge >= 0.3 is 6.03 Å². The highest BCUT2D eigenvalue weighted by atomic mass is 32.1. The molecule has 3 heterocycles. The van der Waals surface area contributed by atoms with Gasteiger partial charge in [0.2, 0.25) is 0 Å². The summed E-state index contributed by atoms with van der Waals surface area (Å²) >= 11 is 1.75. The van der Waals surface area contributed by atoms with E-state index in [-0.39, 0.29) is 6.03 Å². The van der Waals surface area contributed by atoms with Crippen LogP contribution in [0, 0.1) is 12.8 Å². The lowest BCUT2D eigenvalue weighted by Gasteiger charge is -2.30. The van der Waals surface area contributed by atoms with E-state index in [0.717, 1.165) is 25.2 Å². The molecule has 140 valence electrons. The number of aryl methyl sites for hydroxylation is 1. The predicted molar refractivity (Wildman–Crippen MR) is 106 cm³/mol. The normalized spacial score (nSPS) is 17.8. The fraction of sp³-hybridized carbons (Fsp3) is 0.500. The number of nitrogens with zero attached hydrogens (tertiary/aromatic N) is 3. The number of urea groups is 1. The van der Waals surface area contributed by atoms with Gasteiger partial charge in [-0.2, -0.15) is 0 Å². The van der Waals surface area contributed by atoms with Crippen LogP contribution in [0.2, 0.25) is 0 Å². The number of nitrogens with one attached hydrogen (secondary N) is 1. The smallest absolute Gasteiger partial charge is 0.318 e. The molecule has 1 unspecified atom stereocenters. The zero-order valence-electron chi connectivity index (χ0n) is 15.6. The van der Waals surface area contributed by atoms with Crippen molar-refractivity contribution >= 4 is 17.4 Å². The molecule has 1 aliphatic rings.